The van der Waals surface area contributed by atoms with Crippen LogP contribution in [-0.4, -0.2) is 17.0 Å². The van der Waals surface area contributed by atoms with Gasteiger partial charge in [0.05, 0.1) is 10.4 Å². The van der Waals surface area contributed by atoms with E-state index in [1.165, 1.54) is 17.4 Å². The summed E-state index contributed by atoms with van der Waals surface area (Å²) in [7, 11) is 0. The average molecular weight is 303 g/mol. The van der Waals surface area contributed by atoms with Crippen LogP contribution in [-0.2, 0) is 0 Å². The normalized spacial score (nSPS) is 10.5. The minimum Gasteiger partial charge on any atom is -0.478 e. The lowest BCUT2D eigenvalue weighted by molar-refractivity contribution is 0.0695. The second kappa shape index (κ2) is 5.69. The maximum Gasteiger partial charge on any atom is 0.336 e. The molecule has 1 aromatic heterocycles. The molecule has 0 saturated heterocycles. The lowest BCUT2D eigenvalue weighted by Crippen LogP contribution is -2.12. The Morgan fingerprint density at radius 2 is 1.71 bits per heavy atom. The zero-order valence-electron chi connectivity index (χ0n) is 12.4. The van der Waals surface area contributed by atoms with Crippen molar-refractivity contribution in [1.29, 1.82) is 0 Å². The lowest BCUT2D eigenvalue weighted by Gasteiger charge is -2.10. The third kappa shape index (κ3) is 3.13. The minimum atomic E-state index is -0.991. The highest BCUT2D eigenvalue weighted by Gasteiger charge is 2.14. The van der Waals surface area contributed by atoms with Crippen LogP contribution in [0.25, 0.3) is 0 Å². The maximum absolute atomic E-state index is 12.2. The summed E-state index contributed by atoms with van der Waals surface area (Å²) in [4.78, 5) is 25.2. The standard InChI is InChI=1S/C16H17NO3S/c1-8-5-12(7-13(10(8)3)16(19)20)17-15(18)14-6-9(2)11(4)21-14/h5-7H,1-4H3,(H,17,18)(H,19,20). The van der Waals surface area contributed by atoms with Crippen molar-refractivity contribution in [2.24, 2.45) is 0 Å². The SMILES string of the molecule is Cc1cc(C(=O)Nc2cc(C)c(C)c(C(=O)O)c2)sc1C. The molecule has 0 spiro atoms. The maximum atomic E-state index is 12.2. The van der Waals surface area contributed by atoms with Gasteiger partial charge in [-0.2, -0.15) is 0 Å². The molecule has 1 amide bonds. The molecule has 0 bridgehead atoms. The minimum absolute atomic E-state index is 0.212. The molecule has 1 aromatic carbocycles. The van der Waals surface area contributed by atoms with E-state index in [1.807, 2.05) is 26.8 Å². The van der Waals surface area contributed by atoms with Crippen LogP contribution in [0.1, 0.15) is 41.6 Å². The number of hydrogen-bond donors (Lipinski definition) is 2. The van der Waals surface area contributed by atoms with Crippen LogP contribution in [0.3, 0.4) is 0 Å². The van der Waals surface area contributed by atoms with Gasteiger partial charge in [-0.1, -0.05) is 0 Å². The molecule has 21 heavy (non-hydrogen) atoms. The smallest absolute Gasteiger partial charge is 0.336 e. The first-order chi connectivity index (χ1) is 9.79. The number of rotatable bonds is 3. The number of aromatic carboxylic acids is 1. The van der Waals surface area contributed by atoms with E-state index in [9.17, 15) is 14.7 Å². The molecule has 0 unspecified atom stereocenters. The van der Waals surface area contributed by atoms with Crippen LogP contribution in [0.5, 0.6) is 0 Å². The molecule has 4 nitrogen and oxygen atoms in total. The fourth-order valence-corrected chi connectivity index (χ4v) is 2.96. The van der Waals surface area contributed by atoms with Gasteiger partial charge in [0.1, 0.15) is 0 Å². The number of carbonyl (C=O) groups is 2. The molecule has 2 aromatic rings. The van der Waals surface area contributed by atoms with Crippen molar-refractivity contribution in [2.45, 2.75) is 27.7 Å². The van der Waals surface area contributed by atoms with Crippen molar-refractivity contribution in [2.75, 3.05) is 5.32 Å². The molecule has 2 N–H and O–H groups in total. The number of carboxylic acids is 1. The molecule has 0 saturated carbocycles. The topological polar surface area (TPSA) is 66.4 Å². The summed E-state index contributed by atoms with van der Waals surface area (Å²) < 4.78 is 0. The van der Waals surface area contributed by atoms with Crippen LogP contribution < -0.4 is 5.32 Å². The molecule has 0 radical (unpaired) electrons. The number of carbonyl (C=O) groups excluding carboxylic acids is 1. The highest BCUT2D eigenvalue weighted by atomic mass is 32.1. The molecule has 1 heterocycles. The van der Waals surface area contributed by atoms with E-state index in [-0.39, 0.29) is 11.5 Å². The highest BCUT2D eigenvalue weighted by molar-refractivity contribution is 7.14. The Kier molecular flexibility index (Phi) is 4.14. The van der Waals surface area contributed by atoms with E-state index in [1.54, 1.807) is 13.0 Å². The largest absolute Gasteiger partial charge is 0.478 e. The number of hydrogen-bond acceptors (Lipinski definition) is 3. The van der Waals surface area contributed by atoms with Crippen LogP contribution in [0.15, 0.2) is 18.2 Å². The number of anilines is 1. The Hall–Kier alpha value is -2.14. The quantitative estimate of drug-likeness (QED) is 0.902. The first kappa shape index (κ1) is 15.3. The Bertz CT molecular complexity index is 712. The summed E-state index contributed by atoms with van der Waals surface area (Å²) in [6.45, 7) is 7.52. The summed E-state index contributed by atoms with van der Waals surface area (Å²) in [6, 6.07) is 5.12. The van der Waals surface area contributed by atoms with Crippen LogP contribution in [0.2, 0.25) is 0 Å². The average Bonchev–Trinajstić information content (AvgIpc) is 2.73. The van der Waals surface area contributed by atoms with E-state index < -0.39 is 5.97 Å². The zero-order valence-corrected chi connectivity index (χ0v) is 13.2. The first-order valence-corrected chi connectivity index (χ1v) is 7.34. The number of amides is 1. The molecule has 0 aliphatic rings. The van der Waals surface area contributed by atoms with Crippen LogP contribution >= 0.6 is 11.3 Å². The summed E-state index contributed by atoms with van der Waals surface area (Å²) in [6.07, 6.45) is 0. The summed E-state index contributed by atoms with van der Waals surface area (Å²) in [5.74, 6) is -1.20. The fraction of sp³-hybridized carbons (Fsp3) is 0.250. The number of aryl methyl sites for hydroxylation is 3. The van der Waals surface area contributed by atoms with E-state index in [0.29, 0.717) is 16.1 Å². The highest BCUT2D eigenvalue weighted by Crippen LogP contribution is 2.24. The van der Waals surface area contributed by atoms with Gasteiger partial charge in [0.15, 0.2) is 0 Å². The molecule has 0 atom stereocenters. The van der Waals surface area contributed by atoms with Crippen molar-refractivity contribution in [3.05, 3.63) is 50.2 Å². The van der Waals surface area contributed by atoms with Crippen molar-refractivity contribution in [3.63, 3.8) is 0 Å². The molecular formula is C16H17NO3S. The van der Waals surface area contributed by atoms with Gasteiger partial charge in [-0.25, -0.2) is 4.79 Å². The van der Waals surface area contributed by atoms with Crippen molar-refractivity contribution < 1.29 is 14.7 Å². The van der Waals surface area contributed by atoms with Gasteiger partial charge < -0.3 is 10.4 Å². The van der Waals surface area contributed by atoms with Gasteiger partial charge in [0, 0.05) is 10.6 Å². The van der Waals surface area contributed by atoms with Gasteiger partial charge in [-0.15, -0.1) is 11.3 Å². The Balaban J connectivity index is 2.31. The summed E-state index contributed by atoms with van der Waals surface area (Å²) >= 11 is 1.43. The Morgan fingerprint density at radius 3 is 2.24 bits per heavy atom. The molecule has 5 heteroatoms. The fourth-order valence-electron chi connectivity index (χ4n) is 2.03. The number of benzene rings is 1. The van der Waals surface area contributed by atoms with Gasteiger partial charge in [-0.05, 0) is 62.6 Å². The molecule has 0 aliphatic heterocycles. The van der Waals surface area contributed by atoms with Gasteiger partial charge >= 0.3 is 5.97 Å². The van der Waals surface area contributed by atoms with Gasteiger partial charge in [-0.3, -0.25) is 4.79 Å². The van der Waals surface area contributed by atoms with Crippen LogP contribution in [0.4, 0.5) is 5.69 Å². The Morgan fingerprint density at radius 1 is 1.05 bits per heavy atom. The lowest BCUT2D eigenvalue weighted by atomic mass is 10.0. The van der Waals surface area contributed by atoms with Gasteiger partial charge in [0.25, 0.3) is 5.91 Å². The zero-order chi connectivity index (χ0) is 15.7. The molecule has 2 rings (SSSR count). The number of thiophene rings is 1. The molecule has 0 aliphatic carbocycles. The molecule has 110 valence electrons. The predicted molar refractivity (Wildman–Crippen MR) is 84.6 cm³/mol. The van der Waals surface area contributed by atoms with E-state index in [0.717, 1.165) is 16.0 Å². The summed E-state index contributed by atoms with van der Waals surface area (Å²) in [5.41, 5.74) is 3.34. The molecular weight excluding hydrogens is 286 g/mol. The number of nitrogens with one attached hydrogen (secondary N) is 1. The van der Waals surface area contributed by atoms with E-state index >= 15 is 0 Å². The van der Waals surface area contributed by atoms with Crippen molar-refractivity contribution >= 4 is 28.9 Å². The monoisotopic (exact) mass is 303 g/mol. The van der Waals surface area contributed by atoms with E-state index in [4.69, 9.17) is 0 Å². The third-order valence-corrected chi connectivity index (χ3v) is 4.70. The van der Waals surface area contributed by atoms with Crippen molar-refractivity contribution in [1.82, 2.24) is 0 Å². The second-order valence-electron chi connectivity index (χ2n) is 5.07. The second-order valence-corrected chi connectivity index (χ2v) is 6.33. The predicted octanol–water partition coefficient (Wildman–Crippen LogP) is 3.93. The first-order valence-electron chi connectivity index (χ1n) is 6.52. The van der Waals surface area contributed by atoms with Gasteiger partial charge in [0.2, 0.25) is 0 Å². The van der Waals surface area contributed by atoms with Crippen LogP contribution in [0, 0.1) is 27.7 Å². The number of carboxylic acid groups (broad SMARTS) is 1. The molecule has 0 fully saturated rings. The van der Waals surface area contributed by atoms with E-state index in [2.05, 4.69) is 5.32 Å². The van der Waals surface area contributed by atoms with Crippen molar-refractivity contribution in [3.8, 4) is 0 Å². The third-order valence-electron chi connectivity index (χ3n) is 3.55. The summed E-state index contributed by atoms with van der Waals surface area (Å²) in [5, 5.41) is 12.0. The Labute approximate surface area is 127 Å².